The maximum absolute atomic E-state index is 12.3. The Morgan fingerprint density at radius 1 is 1.43 bits per heavy atom. The van der Waals surface area contributed by atoms with Crippen LogP contribution in [-0.2, 0) is 15.3 Å². The van der Waals surface area contributed by atoms with Gasteiger partial charge in [-0.25, -0.2) is 0 Å². The van der Waals surface area contributed by atoms with Gasteiger partial charge in [-0.3, -0.25) is 9.59 Å². The van der Waals surface area contributed by atoms with Gasteiger partial charge in [0.05, 0.1) is 11.4 Å². The van der Waals surface area contributed by atoms with Crippen LogP contribution in [0.2, 0.25) is 0 Å². The van der Waals surface area contributed by atoms with Crippen molar-refractivity contribution in [3.05, 3.63) is 17.0 Å². The van der Waals surface area contributed by atoms with Gasteiger partial charge < -0.3 is 15.2 Å². The number of hydrogen-bond donors (Lipinski definition) is 1. The fourth-order valence-corrected chi connectivity index (χ4v) is 3.62. The van der Waals surface area contributed by atoms with Crippen LogP contribution in [0.25, 0.3) is 0 Å². The number of nitrogens with zero attached hydrogens (tertiary/aromatic N) is 2. The normalized spacial score (nSPS) is 18.8. The van der Waals surface area contributed by atoms with Gasteiger partial charge in [-0.15, -0.1) is 11.8 Å². The Balaban J connectivity index is 1.87. The van der Waals surface area contributed by atoms with Gasteiger partial charge in [-0.2, -0.15) is 0 Å². The van der Waals surface area contributed by atoms with E-state index >= 15 is 0 Å². The summed E-state index contributed by atoms with van der Waals surface area (Å²) in [7, 11) is 0. The maximum Gasteiger partial charge on any atom is 0.240 e. The van der Waals surface area contributed by atoms with Crippen molar-refractivity contribution in [1.82, 2.24) is 10.1 Å². The van der Waals surface area contributed by atoms with Crippen LogP contribution in [-0.4, -0.2) is 40.2 Å². The highest BCUT2D eigenvalue weighted by atomic mass is 32.2. The van der Waals surface area contributed by atoms with E-state index in [0.29, 0.717) is 24.5 Å². The predicted molar refractivity (Wildman–Crippen MR) is 80.7 cm³/mol. The molecule has 0 aromatic carbocycles. The number of aryl methyl sites for hydroxylation is 2. The van der Waals surface area contributed by atoms with E-state index in [4.69, 9.17) is 10.3 Å². The lowest BCUT2D eigenvalue weighted by Crippen LogP contribution is -2.51. The van der Waals surface area contributed by atoms with E-state index in [1.807, 2.05) is 13.8 Å². The van der Waals surface area contributed by atoms with Gasteiger partial charge in [0, 0.05) is 17.9 Å². The summed E-state index contributed by atoms with van der Waals surface area (Å²) in [6.07, 6.45) is 2.56. The van der Waals surface area contributed by atoms with E-state index in [2.05, 4.69) is 5.16 Å². The van der Waals surface area contributed by atoms with Crippen LogP contribution >= 0.6 is 11.8 Å². The lowest BCUT2D eigenvalue weighted by atomic mass is 10.0. The molecular formula is C14H21N3O3S. The fourth-order valence-electron chi connectivity index (χ4n) is 2.56. The van der Waals surface area contributed by atoms with E-state index < -0.39 is 11.9 Å². The SMILES string of the molecule is Cc1noc(C)c1CSCC(=O)N1CCCCC1C(N)=O. The molecule has 116 valence electrons. The molecule has 6 nitrogen and oxygen atoms in total. The van der Waals surface area contributed by atoms with Crippen molar-refractivity contribution in [1.29, 1.82) is 0 Å². The molecule has 2 N–H and O–H groups in total. The van der Waals surface area contributed by atoms with Crippen molar-refractivity contribution in [2.75, 3.05) is 12.3 Å². The number of aromatic nitrogens is 1. The van der Waals surface area contributed by atoms with Crippen molar-refractivity contribution in [2.45, 2.75) is 44.9 Å². The lowest BCUT2D eigenvalue weighted by Gasteiger charge is -2.33. The molecule has 0 radical (unpaired) electrons. The van der Waals surface area contributed by atoms with Gasteiger partial charge in [-0.05, 0) is 33.1 Å². The molecule has 0 spiro atoms. The highest BCUT2D eigenvalue weighted by Crippen LogP contribution is 2.22. The van der Waals surface area contributed by atoms with Crippen LogP contribution in [0.3, 0.4) is 0 Å². The van der Waals surface area contributed by atoms with Crippen LogP contribution in [0.15, 0.2) is 4.52 Å². The van der Waals surface area contributed by atoms with Gasteiger partial charge >= 0.3 is 0 Å². The Morgan fingerprint density at radius 3 is 2.81 bits per heavy atom. The third-order valence-corrected chi connectivity index (χ3v) is 4.75. The number of carbonyl (C=O) groups is 2. The number of amides is 2. The number of thioether (sulfide) groups is 1. The van der Waals surface area contributed by atoms with Crippen LogP contribution < -0.4 is 5.73 Å². The lowest BCUT2D eigenvalue weighted by molar-refractivity contribution is -0.138. The minimum absolute atomic E-state index is 0.0183. The first-order valence-electron chi connectivity index (χ1n) is 7.09. The first-order chi connectivity index (χ1) is 10.0. The van der Waals surface area contributed by atoms with Crippen LogP contribution in [0, 0.1) is 13.8 Å². The molecule has 2 amide bonds. The van der Waals surface area contributed by atoms with E-state index in [1.54, 1.807) is 4.90 Å². The van der Waals surface area contributed by atoms with Crippen molar-refractivity contribution < 1.29 is 14.1 Å². The maximum atomic E-state index is 12.3. The van der Waals surface area contributed by atoms with Crippen molar-refractivity contribution in [3.8, 4) is 0 Å². The van der Waals surface area contributed by atoms with Gasteiger partial charge in [0.2, 0.25) is 11.8 Å². The van der Waals surface area contributed by atoms with Gasteiger partial charge in [0.15, 0.2) is 0 Å². The summed E-state index contributed by atoms with van der Waals surface area (Å²) < 4.78 is 5.10. The van der Waals surface area contributed by atoms with Gasteiger partial charge in [0.1, 0.15) is 11.8 Å². The second-order valence-corrected chi connectivity index (χ2v) is 6.28. The highest BCUT2D eigenvalue weighted by molar-refractivity contribution is 7.99. The molecule has 1 fully saturated rings. The third-order valence-electron chi connectivity index (χ3n) is 3.80. The van der Waals surface area contributed by atoms with Gasteiger partial charge in [-0.1, -0.05) is 5.16 Å². The zero-order valence-electron chi connectivity index (χ0n) is 12.4. The minimum atomic E-state index is -0.439. The second kappa shape index (κ2) is 6.98. The van der Waals surface area contributed by atoms with E-state index in [9.17, 15) is 9.59 Å². The average Bonchev–Trinajstić information content (AvgIpc) is 2.78. The highest BCUT2D eigenvalue weighted by Gasteiger charge is 2.30. The molecule has 1 aromatic rings. The summed E-state index contributed by atoms with van der Waals surface area (Å²) in [6, 6.07) is -0.439. The summed E-state index contributed by atoms with van der Waals surface area (Å²) in [4.78, 5) is 25.3. The molecule has 1 aliphatic heterocycles. The monoisotopic (exact) mass is 311 g/mol. The number of rotatable bonds is 5. The summed E-state index contributed by atoms with van der Waals surface area (Å²) in [5.74, 6) is 1.39. The van der Waals surface area contributed by atoms with Gasteiger partial charge in [0.25, 0.3) is 0 Å². The Hall–Kier alpha value is -1.50. The minimum Gasteiger partial charge on any atom is -0.368 e. The first kappa shape index (κ1) is 15.9. The smallest absolute Gasteiger partial charge is 0.240 e. The number of likely N-dealkylation sites (tertiary alicyclic amines) is 1. The molecule has 1 aromatic heterocycles. The Bertz CT molecular complexity index is 510. The standard InChI is InChI=1S/C14H21N3O3S/c1-9-11(10(2)20-16-9)7-21-8-13(18)17-6-4-3-5-12(17)14(15)19/h12H,3-8H2,1-2H3,(H2,15,19). The van der Waals surface area contributed by atoms with E-state index in [-0.39, 0.29) is 5.91 Å². The van der Waals surface area contributed by atoms with Crippen LogP contribution in [0.1, 0.15) is 36.3 Å². The number of nitrogens with two attached hydrogens (primary N) is 1. The molecular weight excluding hydrogens is 290 g/mol. The summed E-state index contributed by atoms with van der Waals surface area (Å²) in [5, 5.41) is 3.89. The quantitative estimate of drug-likeness (QED) is 0.887. The summed E-state index contributed by atoms with van der Waals surface area (Å²) >= 11 is 1.51. The molecule has 1 aliphatic rings. The molecule has 1 unspecified atom stereocenters. The van der Waals surface area contributed by atoms with Crippen molar-refractivity contribution in [2.24, 2.45) is 5.73 Å². The fraction of sp³-hybridized carbons (Fsp3) is 0.643. The summed E-state index contributed by atoms with van der Waals surface area (Å²) in [6.45, 7) is 4.38. The molecule has 1 atom stereocenters. The van der Waals surface area contributed by atoms with Crippen molar-refractivity contribution in [3.63, 3.8) is 0 Å². The zero-order chi connectivity index (χ0) is 15.4. The van der Waals surface area contributed by atoms with Crippen molar-refractivity contribution >= 4 is 23.6 Å². The molecule has 7 heteroatoms. The summed E-state index contributed by atoms with van der Waals surface area (Å²) in [5.41, 5.74) is 7.28. The topological polar surface area (TPSA) is 89.4 Å². The van der Waals surface area contributed by atoms with E-state index in [0.717, 1.165) is 29.9 Å². The molecule has 1 saturated heterocycles. The largest absolute Gasteiger partial charge is 0.368 e. The number of piperidine rings is 1. The Kier molecular flexibility index (Phi) is 5.27. The van der Waals surface area contributed by atoms with Crippen LogP contribution in [0.4, 0.5) is 0 Å². The Morgan fingerprint density at radius 2 is 2.19 bits per heavy atom. The number of primary amides is 1. The number of hydrogen-bond acceptors (Lipinski definition) is 5. The zero-order valence-corrected chi connectivity index (χ0v) is 13.2. The van der Waals surface area contributed by atoms with E-state index in [1.165, 1.54) is 11.8 Å². The average molecular weight is 311 g/mol. The molecule has 0 aliphatic carbocycles. The number of carbonyl (C=O) groups excluding carboxylic acids is 2. The predicted octanol–water partition coefficient (Wildman–Crippen LogP) is 1.39. The Labute approximate surface area is 128 Å². The van der Waals surface area contributed by atoms with Crippen LogP contribution in [0.5, 0.6) is 0 Å². The molecule has 0 saturated carbocycles. The molecule has 21 heavy (non-hydrogen) atoms. The first-order valence-corrected chi connectivity index (χ1v) is 8.24. The molecule has 2 rings (SSSR count). The second-order valence-electron chi connectivity index (χ2n) is 5.30. The molecule has 2 heterocycles. The molecule has 0 bridgehead atoms. The third kappa shape index (κ3) is 3.78.